The van der Waals surface area contributed by atoms with Gasteiger partial charge < -0.3 is 0 Å². The van der Waals surface area contributed by atoms with E-state index in [1.165, 1.54) is 12.5 Å². The van der Waals surface area contributed by atoms with Crippen molar-refractivity contribution in [2.75, 3.05) is 10.3 Å². The average molecular weight is 321 g/mol. The Balaban J connectivity index is 2.82. The average Bonchev–Trinajstić information content (AvgIpc) is 2.05. The Kier molecular flexibility index (Phi) is 3.36. The van der Waals surface area contributed by atoms with Crippen molar-refractivity contribution >= 4 is 50.6 Å². The second kappa shape index (κ2) is 3.93. The first-order valence-electron chi connectivity index (χ1n) is 2.99. The predicted molar refractivity (Wildman–Crippen MR) is 56.9 cm³/mol. The van der Waals surface area contributed by atoms with Crippen molar-refractivity contribution in [3.8, 4) is 0 Å². The Hall–Kier alpha value is 0.180. The smallest absolute Gasteiger partial charge is 0.245 e. The van der Waals surface area contributed by atoms with Crippen LogP contribution in [0.4, 0.5) is 0 Å². The van der Waals surface area contributed by atoms with Crippen LogP contribution in [0.5, 0.6) is 0 Å². The van der Waals surface area contributed by atoms with Crippen LogP contribution in [-0.2, 0) is 10.0 Å². The highest BCUT2D eigenvalue weighted by atomic mass is 127. The van der Waals surface area contributed by atoms with Gasteiger partial charge in [0.2, 0.25) is 10.0 Å². The fourth-order valence-corrected chi connectivity index (χ4v) is 2.64. The third-order valence-electron chi connectivity index (χ3n) is 1.21. The molecular weight excluding hydrogens is 314 g/mol. The van der Waals surface area contributed by atoms with Crippen LogP contribution in [0.1, 0.15) is 0 Å². The van der Waals surface area contributed by atoms with Gasteiger partial charge in [-0.1, -0.05) is 34.2 Å². The number of halogens is 2. The van der Waals surface area contributed by atoms with Crippen LogP contribution in [0, 0.1) is 0 Å². The SMILES string of the molecule is O=S(=O)(CI)N1C=NC=C(Cl)C1. The number of rotatable bonds is 2. The summed E-state index contributed by atoms with van der Waals surface area (Å²) >= 11 is 7.40. The van der Waals surface area contributed by atoms with Crippen LogP contribution in [0.3, 0.4) is 0 Å². The lowest BCUT2D eigenvalue weighted by Crippen LogP contribution is -2.32. The van der Waals surface area contributed by atoms with Gasteiger partial charge in [-0.2, -0.15) is 0 Å². The van der Waals surface area contributed by atoms with E-state index < -0.39 is 10.0 Å². The molecule has 1 aliphatic rings. The number of sulfonamides is 1. The largest absolute Gasteiger partial charge is 0.254 e. The molecule has 68 valence electrons. The molecule has 0 amide bonds. The van der Waals surface area contributed by atoms with Gasteiger partial charge in [-0.25, -0.2) is 13.4 Å². The lowest BCUT2D eigenvalue weighted by molar-refractivity contribution is 0.547. The van der Waals surface area contributed by atoms with Crippen LogP contribution in [0.25, 0.3) is 0 Å². The van der Waals surface area contributed by atoms with Crippen LogP contribution >= 0.6 is 34.2 Å². The molecule has 0 N–H and O–H groups in total. The molecule has 0 aromatic rings. The Morgan fingerprint density at radius 3 is 2.92 bits per heavy atom. The zero-order chi connectivity index (χ0) is 9.19. The quantitative estimate of drug-likeness (QED) is 0.566. The lowest BCUT2D eigenvalue weighted by atomic mass is 10.5. The molecule has 4 nitrogen and oxygen atoms in total. The molecule has 0 atom stereocenters. The van der Waals surface area contributed by atoms with E-state index in [1.54, 1.807) is 22.6 Å². The summed E-state index contributed by atoms with van der Waals surface area (Å²) in [5.41, 5.74) is 0. The molecule has 0 unspecified atom stereocenters. The van der Waals surface area contributed by atoms with Gasteiger partial charge in [-0.3, -0.25) is 4.31 Å². The second-order valence-corrected chi connectivity index (χ2v) is 6.31. The Labute approximate surface area is 89.5 Å². The van der Waals surface area contributed by atoms with Gasteiger partial charge in [0.05, 0.1) is 11.6 Å². The van der Waals surface area contributed by atoms with E-state index >= 15 is 0 Å². The van der Waals surface area contributed by atoms with Crippen molar-refractivity contribution in [3.63, 3.8) is 0 Å². The minimum absolute atomic E-state index is 0.0287. The van der Waals surface area contributed by atoms with Crippen molar-refractivity contribution in [2.24, 2.45) is 4.99 Å². The summed E-state index contributed by atoms with van der Waals surface area (Å²) in [6.07, 6.45) is 2.70. The van der Waals surface area contributed by atoms with E-state index in [-0.39, 0.29) is 10.3 Å². The highest BCUT2D eigenvalue weighted by Crippen LogP contribution is 2.13. The molecule has 1 heterocycles. The fraction of sp³-hybridized carbons (Fsp3) is 0.400. The van der Waals surface area contributed by atoms with Gasteiger partial charge in [0.1, 0.15) is 10.1 Å². The topological polar surface area (TPSA) is 49.7 Å². The number of hydrogen-bond acceptors (Lipinski definition) is 3. The monoisotopic (exact) mass is 320 g/mol. The first-order chi connectivity index (χ1) is 5.56. The summed E-state index contributed by atoms with van der Waals surface area (Å²) in [6, 6.07) is 0. The van der Waals surface area contributed by atoms with Gasteiger partial charge in [0, 0.05) is 6.20 Å². The summed E-state index contributed by atoms with van der Waals surface area (Å²) in [6.45, 7) is 0.191. The first kappa shape index (κ1) is 10.3. The van der Waals surface area contributed by atoms with Crippen molar-refractivity contribution < 1.29 is 8.42 Å². The van der Waals surface area contributed by atoms with Crippen LogP contribution in [0.2, 0.25) is 0 Å². The Morgan fingerprint density at radius 2 is 2.42 bits per heavy atom. The molecule has 0 aromatic carbocycles. The van der Waals surface area contributed by atoms with Crippen molar-refractivity contribution in [1.82, 2.24) is 4.31 Å². The van der Waals surface area contributed by atoms with Gasteiger partial charge >= 0.3 is 0 Å². The zero-order valence-corrected chi connectivity index (χ0v) is 9.67. The number of nitrogens with zero attached hydrogens (tertiary/aromatic N) is 2. The number of hydrogen-bond donors (Lipinski definition) is 0. The standard InChI is InChI=1S/C5H6ClIN2O2S/c6-5-1-8-4-9(2-5)12(10,11)3-7/h1,4H,2-3H2. The molecule has 0 aliphatic carbocycles. The van der Waals surface area contributed by atoms with E-state index in [1.807, 2.05) is 0 Å². The molecule has 0 bridgehead atoms. The maximum atomic E-state index is 11.2. The summed E-state index contributed by atoms with van der Waals surface area (Å²) in [4.78, 5) is 3.68. The normalized spacial score (nSPS) is 17.8. The van der Waals surface area contributed by atoms with Gasteiger partial charge in [-0.15, -0.1) is 0 Å². The third kappa shape index (κ3) is 2.33. The molecule has 0 spiro atoms. The van der Waals surface area contributed by atoms with Crippen LogP contribution in [0.15, 0.2) is 16.2 Å². The van der Waals surface area contributed by atoms with E-state index in [9.17, 15) is 8.42 Å². The first-order valence-corrected chi connectivity index (χ1v) is 6.51. The molecular formula is C5H6ClIN2O2S. The predicted octanol–water partition coefficient (Wildman–Crippen LogP) is 1.13. The molecule has 0 saturated heterocycles. The van der Waals surface area contributed by atoms with Crippen molar-refractivity contribution in [2.45, 2.75) is 0 Å². The maximum absolute atomic E-state index is 11.2. The molecule has 1 aliphatic heterocycles. The van der Waals surface area contributed by atoms with E-state index in [4.69, 9.17) is 11.6 Å². The molecule has 0 aromatic heterocycles. The Morgan fingerprint density at radius 1 is 1.75 bits per heavy atom. The molecule has 1 rings (SSSR count). The number of alkyl halides is 1. The molecule has 0 fully saturated rings. The minimum atomic E-state index is -3.21. The van der Waals surface area contributed by atoms with Crippen molar-refractivity contribution in [3.05, 3.63) is 11.2 Å². The zero-order valence-electron chi connectivity index (χ0n) is 5.94. The highest BCUT2D eigenvalue weighted by Gasteiger charge is 2.19. The van der Waals surface area contributed by atoms with Gasteiger partial charge in [-0.05, 0) is 0 Å². The minimum Gasteiger partial charge on any atom is -0.254 e. The Bertz CT molecular complexity index is 324. The van der Waals surface area contributed by atoms with Crippen LogP contribution < -0.4 is 0 Å². The number of aliphatic imine (C=N–C) groups is 1. The maximum Gasteiger partial charge on any atom is 0.245 e. The van der Waals surface area contributed by atoms with E-state index in [0.717, 1.165) is 4.31 Å². The lowest BCUT2D eigenvalue weighted by Gasteiger charge is -2.19. The summed E-state index contributed by atoms with van der Waals surface area (Å²) in [5, 5.41) is 0.422. The second-order valence-electron chi connectivity index (χ2n) is 2.11. The summed E-state index contributed by atoms with van der Waals surface area (Å²) < 4.78 is 23.6. The summed E-state index contributed by atoms with van der Waals surface area (Å²) in [5.74, 6) is 0. The van der Waals surface area contributed by atoms with Crippen LogP contribution in [-0.4, -0.2) is 29.4 Å². The van der Waals surface area contributed by atoms with Gasteiger partial charge in [0.15, 0.2) is 0 Å². The van der Waals surface area contributed by atoms with Crippen molar-refractivity contribution in [1.29, 1.82) is 0 Å². The van der Waals surface area contributed by atoms with Gasteiger partial charge in [0.25, 0.3) is 0 Å². The summed E-state index contributed by atoms with van der Waals surface area (Å²) in [7, 11) is -3.21. The third-order valence-corrected chi connectivity index (χ3v) is 5.00. The fourth-order valence-electron chi connectivity index (χ4n) is 0.652. The molecule has 12 heavy (non-hydrogen) atoms. The molecule has 7 heteroatoms. The highest BCUT2D eigenvalue weighted by molar-refractivity contribution is 14.1. The molecule has 0 radical (unpaired) electrons. The van der Waals surface area contributed by atoms with E-state index in [2.05, 4.69) is 4.99 Å². The van der Waals surface area contributed by atoms with E-state index in [0.29, 0.717) is 5.03 Å². The molecule has 0 saturated carbocycles.